The Hall–Kier alpha value is 0.910. The molecule has 0 amide bonds. The maximum absolute atomic E-state index is 3.51. The van der Waals surface area contributed by atoms with Gasteiger partial charge in [-0.1, -0.05) is 0 Å². The second-order valence-electron chi connectivity index (χ2n) is 2.43. The highest BCUT2D eigenvalue weighted by atomic mass is 127. The largest absolute Gasteiger partial charge is 0.0496 e. The van der Waals surface area contributed by atoms with Crippen molar-refractivity contribution >= 4 is 54.5 Å². The summed E-state index contributed by atoms with van der Waals surface area (Å²) in [6, 6.07) is 2.13. The van der Waals surface area contributed by atoms with Crippen LogP contribution in [0.25, 0.3) is 0 Å². The second-order valence-corrected chi connectivity index (χ2v) is 5.15. The Morgan fingerprint density at radius 3 is 2.36 bits per heavy atom. The van der Waals surface area contributed by atoms with Crippen molar-refractivity contribution in [2.45, 2.75) is 13.8 Å². The molecule has 0 atom stereocenters. The highest BCUT2D eigenvalue weighted by Gasteiger charge is 2.06. The van der Waals surface area contributed by atoms with Gasteiger partial charge in [0.25, 0.3) is 0 Å². The van der Waals surface area contributed by atoms with Crippen LogP contribution < -0.4 is 0 Å². The number of hydrogen-bond donors (Lipinski definition) is 0. The smallest absolute Gasteiger partial charge is 0.0453 e. The average Bonchev–Trinajstić information content (AvgIpc) is 1.97. The fourth-order valence-corrected chi connectivity index (χ4v) is 2.84. The lowest BCUT2D eigenvalue weighted by molar-refractivity contribution is 1.28. The second kappa shape index (κ2) is 3.75. The molecule has 0 unspecified atom stereocenters. The molecule has 60 valence electrons. The van der Waals surface area contributed by atoms with E-state index in [1.54, 1.807) is 0 Å². The van der Waals surface area contributed by atoms with E-state index >= 15 is 0 Å². The first-order valence-electron chi connectivity index (χ1n) is 3.14. The van der Waals surface area contributed by atoms with Crippen LogP contribution in [0.5, 0.6) is 0 Å². The molecule has 0 aliphatic heterocycles. The molecule has 0 saturated carbocycles. The SMILES string of the molecule is Cc1cc(Br)c(Br)c(I)c1C. The third kappa shape index (κ3) is 1.98. The van der Waals surface area contributed by atoms with Crippen molar-refractivity contribution in [3.8, 4) is 0 Å². The molecule has 0 heterocycles. The fourth-order valence-electron chi connectivity index (χ4n) is 0.804. The fraction of sp³-hybridized carbons (Fsp3) is 0.250. The molecule has 0 fully saturated rings. The van der Waals surface area contributed by atoms with E-state index in [2.05, 4.69) is 74.4 Å². The summed E-state index contributed by atoms with van der Waals surface area (Å²) in [6.45, 7) is 4.25. The Kier molecular flexibility index (Phi) is 3.40. The molecule has 0 aromatic heterocycles. The maximum atomic E-state index is 3.51. The van der Waals surface area contributed by atoms with E-state index in [0.717, 1.165) is 8.95 Å². The summed E-state index contributed by atoms with van der Waals surface area (Å²) in [6.07, 6.45) is 0. The van der Waals surface area contributed by atoms with Crippen molar-refractivity contribution < 1.29 is 0 Å². The molecule has 0 aliphatic rings. The van der Waals surface area contributed by atoms with Gasteiger partial charge in [0.15, 0.2) is 0 Å². The summed E-state index contributed by atoms with van der Waals surface area (Å²) in [5, 5.41) is 0. The topological polar surface area (TPSA) is 0 Å². The molecule has 1 aromatic rings. The summed E-state index contributed by atoms with van der Waals surface area (Å²) in [5.41, 5.74) is 2.67. The van der Waals surface area contributed by atoms with Crippen LogP contribution in [-0.2, 0) is 0 Å². The minimum atomic E-state index is 1.13. The monoisotopic (exact) mass is 388 g/mol. The Balaban J connectivity index is 3.46. The summed E-state index contributed by atoms with van der Waals surface area (Å²) in [7, 11) is 0. The van der Waals surface area contributed by atoms with Crippen molar-refractivity contribution in [2.75, 3.05) is 0 Å². The molecule has 0 aliphatic carbocycles. The van der Waals surface area contributed by atoms with E-state index < -0.39 is 0 Å². The van der Waals surface area contributed by atoms with E-state index in [0.29, 0.717) is 0 Å². The predicted molar refractivity (Wildman–Crippen MR) is 64.0 cm³/mol. The quantitative estimate of drug-likeness (QED) is 0.455. The molecule has 0 N–H and O–H groups in total. The van der Waals surface area contributed by atoms with E-state index in [9.17, 15) is 0 Å². The first-order chi connectivity index (χ1) is 5.04. The zero-order valence-corrected chi connectivity index (χ0v) is 11.5. The van der Waals surface area contributed by atoms with E-state index in [4.69, 9.17) is 0 Å². The number of hydrogen-bond acceptors (Lipinski definition) is 0. The Morgan fingerprint density at radius 2 is 1.82 bits per heavy atom. The first kappa shape index (κ1) is 9.99. The number of benzene rings is 1. The molecule has 0 bridgehead atoms. The van der Waals surface area contributed by atoms with Gasteiger partial charge in [-0.2, -0.15) is 0 Å². The maximum Gasteiger partial charge on any atom is 0.0453 e. The van der Waals surface area contributed by atoms with Crippen molar-refractivity contribution in [3.05, 3.63) is 29.7 Å². The molecule has 0 radical (unpaired) electrons. The Labute approximate surface area is 97.2 Å². The van der Waals surface area contributed by atoms with Gasteiger partial charge in [0.05, 0.1) is 0 Å². The molecule has 1 aromatic carbocycles. The van der Waals surface area contributed by atoms with Gasteiger partial charge in [-0.15, -0.1) is 0 Å². The minimum Gasteiger partial charge on any atom is -0.0496 e. The zero-order valence-electron chi connectivity index (χ0n) is 6.21. The normalized spacial score (nSPS) is 10.3. The van der Waals surface area contributed by atoms with Crippen LogP contribution in [0, 0.1) is 17.4 Å². The zero-order chi connectivity index (χ0) is 8.59. The minimum absolute atomic E-state index is 1.13. The third-order valence-electron chi connectivity index (χ3n) is 1.67. The van der Waals surface area contributed by atoms with Crippen LogP contribution in [0.4, 0.5) is 0 Å². The summed E-state index contributed by atoms with van der Waals surface area (Å²) in [4.78, 5) is 0. The van der Waals surface area contributed by atoms with Gasteiger partial charge in [-0.25, -0.2) is 0 Å². The molecular weight excluding hydrogens is 383 g/mol. The lowest BCUT2D eigenvalue weighted by atomic mass is 10.1. The van der Waals surface area contributed by atoms with E-state index in [1.165, 1.54) is 14.7 Å². The van der Waals surface area contributed by atoms with Crippen molar-refractivity contribution in [1.29, 1.82) is 0 Å². The highest BCUT2D eigenvalue weighted by Crippen LogP contribution is 2.32. The summed E-state index contributed by atoms with van der Waals surface area (Å²) >= 11 is 9.33. The van der Waals surface area contributed by atoms with Gasteiger partial charge < -0.3 is 0 Å². The van der Waals surface area contributed by atoms with Crippen LogP contribution >= 0.6 is 54.5 Å². The van der Waals surface area contributed by atoms with Crippen molar-refractivity contribution in [2.24, 2.45) is 0 Å². The number of rotatable bonds is 0. The highest BCUT2D eigenvalue weighted by molar-refractivity contribution is 14.1. The van der Waals surface area contributed by atoms with Gasteiger partial charge in [-0.05, 0) is 85.5 Å². The summed E-state index contributed by atoms with van der Waals surface area (Å²) < 4.78 is 3.57. The molecule has 0 saturated heterocycles. The molecule has 11 heavy (non-hydrogen) atoms. The molecule has 1 rings (SSSR count). The van der Waals surface area contributed by atoms with E-state index in [-0.39, 0.29) is 0 Å². The van der Waals surface area contributed by atoms with Crippen molar-refractivity contribution in [1.82, 2.24) is 0 Å². The lowest BCUT2D eigenvalue weighted by Crippen LogP contribution is -1.88. The average molecular weight is 390 g/mol. The Bertz CT molecular complexity index is 268. The molecule has 0 nitrogen and oxygen atoms in total. The van der Waals surface area contributed by atoms with Gasteiger partial charge in [-0.3, -0.25) is 0 Å². The number of aryl methyl sites for hydroxylation is 1. The van der Waals surface area contributed by atoms with Crippen LogP contribution in [0.3, 0.4) is 0 Å². The van der Waals surface area contributed by atoms with E-state index in [1.807, 2.05) is 0 Å². The number of halogens is 3. The predicted octanol–water partition coefficient (Wildman–Crippen LogP) is 4.43. The van der Waals surface area contributed by atoms with Crippen molar-refractivity contribution in [3.63, 3.8) is 0 Å². The van der Waals surface area contributed by atoms with Gasteiger partial charge in [0.1, 0.15) is 0 Å². The summed E-state index contributed by atoms with van der Waals surface area (Å²) in [5.74, 6) is 0. The van der Waals surface area contributed by atoms with Crippen LogP contribution in [0.1, 0.15) is 11.1 Å². The first-order valence-corrected chi connectivity index (χ1v) is 5.81. The van der Waals surface area contributed by atoms with Gasteiger partial charge in [0.2, 0.25) is 0 Å². The van der Waals surface area contributed by atoms with Crippen LogP contribution in [0.2, 0.25) is 0 Å². The Morgan fingerprint density at radius 1 is 1.27 bits per heavy atom. The van der Waals surface area contributed by atoms with Crippen LogP contribution in [0.15, 0.2) is 15.0 Å². The molecular formula is C8H7Br2I. The third-order valence-corrected chi connectivity index (χ3v) is 5.74. The lowest BCUT2D eigenvalue weighted by Gasteiger charge is -2.06. The van der Waals surface area contributed by atoms with Gasteiger partial charge >= 0.3 is 0 Å². The molecule has 0 spiro atoms. The van der Waals surface area contributed by atoms with Crippen LogP contribution in [-0.4, -0.2) is 0 Å². The standard InChI is InChI=1S/C8H7Br2I/c1-4-3-6(9)7(10)8(11)5(4)2/h3H,1-2H3. The molecule has 3 heteroatoms. The van der Waals surface area contributed by atoms with Gasteiger partial charge in [0, 0.05) is 12.5 Å².